The molecule has 0 saturated carbocycles. The summed E-state index contributed by atoms with van der Waals surface area (Å²) in [7, 11) is 0. The molecule has 1 atom stereocenters. The van der Waals surface area contributed by atoms with E-state index in [1.165, 1.54) is 5.56 Å². The third-order valence-electron chi connectivity index (χ3n) is 3.81. The van der Waals surface area contributed by atoms with Gasteiger partial charge in [-0.2, -0.15) is 16.4 Å². The van der Waals surface area contributed by atoms with Gasteiger partial charge in [0.15, 0.2) is 0 Å². The molecule has 1 unspecified atom stereocenters. The number of nitrogens with zero attached hydrogens (tertiary/aromatic N) is 3. The molecule has 0 fully saturated rings. The molecule has 1 N–H and O–H groups in total. The minimum atomic E-state index is -0.456. The van der Waals surface area contributed by atoms with E-state index < -0.39 is 6.10 Å². The van der Waals surface area contributed by atoms with Crippen molar-refractivity contribution in [2.75, 3.05) is 13.1 Å². The van der Waals surface area contributed by atoms with Gasteiger partial charge < -0.3 is 5.11 Å². The molecular formula is C18H21N3OS. The van der Waals surface area contributed by atoms with E-state index >= 15 is 0 Å². The lowest BCUT2D eigenvalue weighted by Gasteiger charge is -2.25. The first-order chi connectivity index (χ1) is 11.3. The monoisotopic (exact) mass is 327 g/mol. The first kappa shape index (κ1) is 15.9. The quantitative estimate of drug-likeness (QED) is 0.691. The van der Waals surface area contributed by atoms with E-state index in [2.05, 4.69) is 34.3 Å². The average Bonchev–Trinajstić information content (AvgIpc) is 3.27. The van der Waals surface area contributed by atoms with Crippen LogP contribution in [0, 0.1) is 0 Å². The normalized spacial score (nSPS) is 12.6. The minimum Gasteiger partial charge on any atom is -0.387 e. The van der Waals surface area contributed by atoms with Crippen LogP contribution in [0.2, 0.25) is 0 Å². The van der Waals surface area contributed by atoms with Crippen molar-refractivity contribution in [2.45, 2.75) is 19.2 Å². The van der Waals surface area contributed by atoms with Gasteiger partial charge in [0.25, 0.3) is 0 Å². The van der Waals surface area contributed by atoms with Gasteiger partial charge in [0.05, 0.1) is 12.6 Å². The maximum absolute atomic E-state index is 10.5. The van der Waals surface area contributed by atoms with Crippen molar-refractivity contribution >= 4 is 11.3 Å². The van der Waals surface area contributed by atoms with Crippen LogP contribution >= 0.6 is 11.3 Å². The lowest BCUT2D eigenvalue weighted by molar-refractivity contribution is 0.106. The lowest BCUT2D eigenvalue weighted by atomic mass is 10.1. The third kappa shape index (κ3) is 4.76. The van der Waals surface area contributed by atoms with Crippen LogP contribution in [0.4, 0.5) is 0 Å². The average molecular weight is 327 g/mol. The van der Waals surface area contributed by atoms with E-state index in [9.17, 15) is 5.11 Å². The Balaban J connectivity index is 1.64. The first-order valence-corrected chi connectivity index (χ1v) is 8.69. The van der Waals surface area contributed by atoms with Crippen molar-refractivity contribution in [1.82, 2.24) is 14.7 Å². The molecule has 5 heteroatoms. The maximum Gasteiger partial charge on any atom is 0.0925 e. The van der Waals surface area contributed by atoms with Crippen LogP contribution in [0.25, 0.3) is 0 Å². The number of aromatic nitrogens is 2. The number of hydrogen-bond donors (Lipinski definition) is 1. The fourth-order valence-electron chi connectivity index (χ4n) is 2.57. The molecule has 3 rings (SSSR count). The van der Waals surface area contributed by atoms with E-state index in [1.807, 2.05) is 39.8 Å². The van der Waals surface area contributed by atoms with Crippen LogP contribution in [-0.4, -0.2) is 32.9 Å². The third-order valence-corrected chi connectivity index (χ3v) is 4.51. The van der Waals surface area contributed by atoms with Gasteiger partial charge in [0, 0.05) is 32.0 Å². The Morgan fingerprint density at radius 1 is 1.17 bits per heavy atom. The minimum absolute atomic E-state index is 0.456. The largest absolute Gasteiger partial charge is 0.387 e. The van der Waals surface area contributed by atoms with Crippen molar-refractivity contribution in [3.8, 4) is 0 Å². The molecule has 0 radical (unpaired) electrons. The Kier molecular flexibility index (Phi) is 5.58. The zero-order valence-electron chi connectivity index (χ0n) is 13.0. The summed E-state index contributed by atoms with van der Waals surface area (Å²) in [4.78, 5) is 2.28. The van der Waals surface area contributed by atoms with Gasteiger partial charge in [-0.1, -0.05) is 30.3 Å². The number of aliphatic hydroxyl groups excluding tert-OH is 1. The highest BCUT2D eigenvalue weighted by Gasteiger charge is 2.14. The number of aliphatic hydroxyl groups is 1. The van der Waals surface area contributed by atoms with Crippen molar-refractivity contribution < 1.29 is 5.11 Å². The van der Waals surface area contributed by atoms with E-state index in [0.717, 1.165) is 25.2 Å². The molecule has 2 aromatic heterocycles. The Labute approximate surface area is 140 Å². The topological polar surface area (TPSA) is 41.3 Å². The summed E-state index contributed by atoms with van der Waals surface area (Å²) in [5.74, 6) is 0. The molecule has 0 spiro atoms. The predicted octanol–water partition coefficient (Wildman–Crippen LogP) is 3.18. The summed E-state index contributed by atoms with van der Waals surface area (Å²) in [5, 5.41) is 18.7. The standard InChI is InChI=1S/C18H21N3OS/c22-18(17-7-12-23-15-17)14-20(10-11-21-9-4-8-19-21)13-16-5-2-1-3-6-16/h1-9,12,15,18,22H,10-11,13-14H2. The second kappa shape index (κ2) is 8.06. The summed E-state index contributed by atoms with van der Waals surface area (Å²) in [6.45, 7) is 3.10. The molecule has 0 saturated heterocycles. The molecule has 0 aliphatic carbocycles. The Morgan fingerprint density at radius 2 is 2.04 bits per heavy atom. The van der Waals surface area contributed by atoms with Crippen LogP contribution in [-0.2, 0) is 13.1 Å². The Bertz CT molecular complexity index is 668. The van der Waals surface area contributed by atoms with Gasteiger partial charge in [-0.25, -0.2) is 0 Å². The second-order valence-electron chi connectivity index (χ2n) is 5.56. The Morgan fingerprint density at radius 3 is 2.74 bits per heavy atom. The molecule has 0 amide bonds. The molecule has 1 aromatic carbocycles. The van der Waals surface area contributed by atoms with Crippen molar-refractivity contribution in [2.24, 2.45) is 0 Å². The molecular weight excluding hydrogens is 306 g/mol. The summed E-state index contributed by atoms with van der Waals surface area (Å²) in [6.07, 6.45) is 3.31. The highest BCUT2D eigenvalue weighted by Crippen LogP contribution is 2.18. The highest BCUT2D eigenvalue weighted by molar-refractivity contribution is 7.07. The molecule has 23 heavy (non-hydrogen) atoms. The van der Waals surface area contributed by atoms with Crippen molar-refractivity contribution in [3.05, 3.63) is 76.7 Å². The van der Waals surface area contributed by atoms with E-state index in [-0.39, 0.29) is 0 Å². The molecule has 0 aliphatic heterocycles. The van der Waals surface area contributed by atoms with Crippen LogP contribution in [0.1, 0.15) is 17.2 Å². The number of hydrogen-bond acceptors (Lipinski definition) is 4. The van der Waals surface area contributed by atoms with Gasteiger partial charge in [-0.3, -0.25) is 9.58 Å². The summed E-state index contributed by atoms with van der Waals surface area (Å²) >= 11 is 1.62. The van der Waals surface area contributed by atoms with E-state index in [1.54, 1.807) is 17.5 Å². The summed E-state index contributed by atoms with van der Waals surface area (Å²) in [5.41, 5.74) is 2.25. The van der Waals surface area contributed by atoms with Crippen LogP contribution in [0.3, 0.4) is 0 Å². The van der Waals surface area contributed by atoms with Gasteiger partial charge in [-0.15, -0.1) is 0 Å². The highest BCUT2D eigenvalue weighted by atomic mass is 32.1. The molecule has 0 bridgehead atoms. The Hall–Kier alpha value is -1.95. The first-order valence-electron chi connectivity index (χ1n) is 7.75. The lowest BCUT2D eigenvalue weighted by Crippen LogP contribution is -2.31. The van der Waals surface area contributed by atoms with Gasteiger partial charge in [0.1, 0.15) is 0 Å². The van der Waals surface area contributed by atoms with Crippen LogP contribution in [0.15, 0.2) is 65.6 Å². The van der Waals surface area contributed by atoms with Crippen molar-refractivity contribution in [3.63, 3.8) is 0 Å². The number of benzene rings is 1. The molecule has 3 aromatic rings. The van der Waals surface area contributed by atoms with Gasteiger partial charge in [-0.05, 0) is 34.0 Å². The zero-order chi connectivity index (χ0) is 15.9. The number of rotatable bonds is 8. The molecule has 2 heterocycles. The van der Waals surface area contributed by atoms with E-state index in [4.69, 9.17) is 0 Å². The molecule has 120 valence electrons. The van der Waals surface area contributed by atoms with Gasteiger partial charge >= 0.3 is 0 Å². The molecule has 4 nitrogen and oxygen atoms in total. The van der Waals surface area contributed by atoms with Crippen LogP contribution in [0.5, 0.6) is 0 Å². The second-order valence-corrected chi connectivity index (χ2v) is 6.34. The molecule has 0 aliphatic rings. The van der Waals surface area contributed by atoms with E-state index in [0.29, 0.717) is 6.54 Å². The number of thiophene rings is 1. The smallest absolute Gasteiger partial charge is 0.0925 e. The fraction of sp³-hybridized carbons (Fsp3) is 0.278. The SMILES string of the molecule is OC(CN(CCn1cccn1)Cc1ccccc1)c1ccsc1. The summed E-state index contributed by atoms with van der Waals surface area (Å²) in [6, 6.07) is 14.3. The van der Waals surface area contributed by atoms with Gasteiger partial charge in [0.2, 0.25) is 0 Å². The van der Waals surface area contributed by atoms with Crippen molar-refractivity contribution in [1.29, 1.82) is 0 Å². The maximum atomic E-state index is 10.5. The fourth-order valence-corrected chi connectivity index (χ4v) is 3.27. The zero-order valence-corrected chi connectivity index (χ0v) is 13.8. The predicted molar refractivity (Wildman–Crippen MR) is 93.2 cm³/mol. The summed E-state index contributed by atoms with van der Waals surface area (Å²) < 4.78 is 1.93. The van der Waals surface area contributed by atoms with Crippen LogP contribution < -0.4 is 0 Å².